The molecule has 4 rings (SSSR count). The third-order valence-corrected chi connectivity index (χ3v) is 6.52. The number of aromatic amines is 1. The van der Waals surface area contributed by atoms with Crippen LogP contribution in [0.5, 0.6) is 0 Å². The molecule has 0 spiro atoms. The summed E-state index contributed by atoms with van der Waals surface area (Å²) in [6.45, 7) is 7.99. The van der Waals surface area contributed by atoms with Gasteiger partial charge in [-0.15, -0.1) is 0 Å². The number of hydrogen-bond donors (Lipinski definition) is 3. The Morgan fingerprint density at radius 2 is 1.91 bits per heavy atom. The van der Waals surface area contributed by atoms with Crippen molar-refractivity contribution in [2.45, 2.75) is 26.8 Å². The summed E-state index contributed by atoms with van der Waals surface area (Å²) in [4.78, 5) is 38.1. The minimum atomic E-state index is -0.205. The number of hydrogen-bond acceptors (Lipinski definition) is 5. The number of likely N-dealkylation sites (N-methyl/N-ethyl adjacent to an activating group) is 1. The van der Waals surface area contributed by atoms with Crippen molar-refractivity contribution in [3.8, 4) is 0 Å². The Hall–Kier alpha value is -3.65. The van der Waals surface area contributed by atoms with Crippen LogP contribution in [-0.4, -0.2) is 72.1 Å². The molecule has 0 saturated carbocycles. The highest BCUT2D eigenvalue weighted by molar-refractivity contribution is 6.35. The van der Waals surface area contributed by atoms with Gasteiger partial charge in [0.1, 0.15) is 0 Å². The largest absolute Gasteiger partial charge is 0.404 e. The van der Waals surface area contributed by atoms with Crippen molar-refractivity contribution in [3.05, 3.63) is 58.5 Å². The van der Waals surface area contributed by atoms with Crippen molar-refractivity contribution >= 4 is 40.4 Å². The van der Waals surface area contributed by atoms with E-state index in [0.717, 1.165) is 33.8 Å². The Bertz CT molecular complexity index is 1230. The van der Waals surface area contributed by atoms with Gasteiger partial charge in [-0.1, -0.05) is 6.07 Å². The topological polar surface area (TPSA) is 107 Å². The predicted molar refractivity (Wildman–Crippen MR) is 138 cm³/mol. The van der Waals surface area contributed by atoms with Crippen molar-refractivity contribution in [1.82, 2.24) is 14.8 Å². The molecule has 0 atom stereocenters. The summed E-state index contributed by atoms with van der Waals surface area (Å²) in [7, 11) is 3.57. The molecule has 0 fully saturated rings. The highest BCUT2D eigenvalue weighted by Gasteiger charge is 2.28. The zero-order valence-corrected chi connectivity index (χ0v) is 20.4. The van der Waals surface area contributed by atoms with Gasteiger partial charge in [0.15, 0.2) is 0 Å². The molecule has 2 aliphatic heterocycles. The van der Waals surface area contributed by atoms with Crippen LogP contribution in [-0.2, 0) is 4.79 Å². The number of nitrogens with one attached hydrogen (secondary N) is 2. The number of anilines is 1. The molecule has 2 amide bonds. The average Bonchev–Trinajstić information content (AvgIpc) is 3.33. The van der Waals surface area contributed by atoms with Crippen molar-refractivity contribution in [2.24, 2.45) is 10.7 Å². The van der Waals surface area contributed by atoms with E-state index >= 15 is 0 Å². The summed E-state index contributed by atoms with van der Waals surface area (Å²) >= 11 is 0. The molecule has 8 nitrogen and oxygen atoms in total. The minimum absolute atomic E-state index is 0.0888. The van der Waals surface area contributed by atoms with Crippen molar-refractivity contribution in [3.63, 3.8) is 0 Å². The van der Waals surface area contributed by atoms with Gasteiger partial charge in [-0.25, -0.2) is 0 Å². The zero-order chi connectivity index (χ0) is 24.6. The van der Waals surface area contributed by atoms with E-state index in [0.29, 0.717) is 36.5 Å². The van der Waals surface area contributed by atoms with Crippen LogP contribution < -0.4 is 11.1 Å². The Morgan fingerprint density at radius 3 is 2.59 bits per heavy atom. The first-order valence-electron chi connectivity index (χ1n) is 11.5. The number of rotatable bonds is 1. The molecule has 0 saturated heterocycles. The molecular weight excluding hydrogens is 428 g/mol. The van der Waals surface area contributed by atoms with E-state index in [2.05, 4.69) is 34.0 Å². The number of nitrogens with two attached hydrogens (primary N) is 1. The maximum absolute atomic E-state index is 13.4. The number of nitrogens with zero attached hydrogens (tertiary/aromatic N) is 3. The molecule has 0 radical (unpaired) electrons. The standard InChI is InChI=1S/C26H32N6O2/c1-15(2)32-9-8-31(5)26(34)20-10-16(3)29-23(20)12-19-18-11-17(6-7-22(18)30-25(19)33)21(13-27)24(14-32)28-4/h6-7,10-13,15,29H,8-9,14,27H2,1-5H3,(H,30,33)/b19-12-,21-13-,28-24?. The van der Waals surface area contributed by atoms with Crippen molar-refractivity contribution in [1.29, 1.82) is 0 Å². The lowest BCUT2D eigenvalue weighted by atomic mass is 9.96. The number of carbonyl (C=O) groups is 2. The molecule has 3 heterocycles. The zero-order valence-electron chi connectivity index (χ0n) is 20.4. The number of aryl methyl sites for hydroxylation is 1. The average molecular weight is 461 g/mol. The van der Waals surface area contributed by atoms with Crippen LogP contribution in [0.2, 0.25) is 0 Å². The first kappa shape index (κ1) is 23.5. The van der Waals surface area contributed by atoms with E-state index < -0.39 is 0 Å². The lowest BCUT2D eigenvalue weighted by Gasteiger charge is -2.29. The maximum Gasteiger partial charge on any atom is 0.256 e. The van der Waals surface area contributed by atoms with Crippen LogP contribution in [0.4, 0.5) is 5.69 Å². The number of amides is 2. The molecule has 0 aliphatic carbocycles. The van der Waals surface area contributed by atoms with Crippen LogP contribution in [0.25, 0.3) is 17.2 Å². The van der Waals surface area contributed by atoms with E-state index in [-0.39, 0.29) is 17.9 Å². The Morgan fingerprint density at radius 1 is 1.15 bits per heavy atom. The molecule has 1 aromatic heterocycles. The summed E-state index contributed by atoms with van der Waals surface area (Å²) < 4.78 is 0. The van der Waals surface area contributed by atoms with Crippen molar-refractivity contribution in [2.75, 3.05) is 39.0 Å². The van der Waals surface area contributed by atoms with Gasteiger partial charge in [0.25, 0.3) is 11.8 Å². The van der Waals surface area contributed by atoms with Gasteiger partial charge >= 0.3 is 0 Å². The first-order valence-corrected chi connectivity index (χ1v) is 11.5. The molecule has 2 aliphatic rings. The van der Waals surface area contributed by atoms with Crippen LogP contribution >= 0.6 is 0 Å². The van der Waals surface area contributed by atoms with Gasteiger partial charge in [0.2, 0.25) is 0 Å². The van der Waals surface area contributed by atoms with E-state index in [1.807, 2.05) is 38.2 Å². The monoisotopic (exact) mass is 460 g/mol. The Labute approximate surface area is 200 Å². The van der Waals surface area contributed by atoms with Crippen LogP contribution in [0, 0.1) is 6.92 Å². The number of carbonyl (C=O) groups excluding carboxylic acids is 2. The molecule has 2 aromatic rings. The second-order valence-electron chi connectivity index (χ2n) is 9.09. The van der Waals surface area contributed by atoms with E-state index in [1.165, 1.54) is 0 Å². The number of H-pyrrole nitrogens is 1. The molecule has 178 valence electrons. The molecule has 2 bridgehead atoms. The van der Waals surface area contributed by atoms with E-state index in [1.54, 1.807) is 24.2 Å². The number of aromatic nitrogens is 1. The van der Waals surface area contributed by atoms with Gasteiger partial charge in [0.05, 0.1) is 22.5 Å². The molecule has 4 N–H and O–H groups in total. The lowest BCUT2D eigenvalue weighted by molar-refractivity contribution is -0.110. The first-order chi connectivity index (χ1) is 16.2. The number of fused-ring (bicyclic) bond motifs is 2. The Kier molecular flexibility index (Phi) is 6.43. The third kappa shape index (κ3) is 4.28. The van der Waals surface area contributed by atoms with Gasteiger partial charge in [-0.2, -0.15) is 0 Å². The van der Waals surface area contributed by atoms with Gasteiger partial charge < -0.3 is 20.9 Å². The van der Waals surface area contributed by atoms with E-state index in [9.17, 15) is 9.59 Å². The van der Waals surface area contributed by atoms with Crippen LogP contribution in [0.3, 0.4) is 0 Å². The lowest BCUT2D eigenvalue weighted by Crippen LogP contribution is -2.42. The number of benzene rings is 1. The predicted octanol–water partition coefficient (Wildman–Crippen LogP) is 2.98. The second-order valence-corrected chi connectivity index (χ2v) is 9.09. The van der Waals surface area contributed by atoms with Crippen LogP contribution in [0.15, 0.2) is 35.5 Å². The summed E-state index contributed by atoms with van der Waals surface area (Å²) in [6.07, 6.45) is 3.34. The normalized spacial score (nSPS) is 21.4. The fraction of sp³-hybridized carbons (Fsp3) is 0.346. The smallest absolute Gasteiger partial charge is 0.256 e. The van der Waals surface area contributed by atoms with Crippen LogP contribution in [0.1, 0.15) is 46.7 Å². The Balaban J connectivity index is 1.92. The number of aliphatic imine (C=N–C) groups is 1. The molecule has 0 unspecified atom stereocenters. The van der Waals surface area contributed by atoms with Gasteiger partial charge in [0, 0.05) is 68.5 Å². The summed E-state index contributed by atoms with van der Waals surface area (Å²) in [6, 6.07) is 7.88. The third-order valence-electron chi connectivity index (χ3n) is 6.52. The minimum Gasteiger partial charge on any atom is -0.404 e. The quantitative estimate of drug-likeness (QED) is 0.608. The molecule has 8 heteroatoms. The fourth-order valence-electron chi connectivity index (χ4n) is 4.48. The molecule has 1 aromatic carbocycles. The summed E-state index contributed by atoms with van der Waals surface area (Å²) in [5, 5.41) is 2.93. The van der Waals surface area contributed by atoms with Gasteiger partial charge in [-0.3, -0.25) is 19.5 Å². The maximum atomic E-state index is 13.4. The second kappa shape index (κ2) is 9.30. The molecule has 34 heavy (non-hydrogen) atoms. The SMILES string of the molecule is CN=C1CN(C(C)C)CCN(C)C(=O)c2cc(C)[nH]c2/C=C2\C(=O)Nc3ccc(cc32)/C1=C/N. The highest BCUT2D eigenvalue weighted by atomic mass is 16.2. The summed E-state index contributed by atoms with van der Waals surface area (Å²) in [5.74, 6) is -0.293. The fourth-order valence-corrected chi connectivity index (χ4v) is 4.48. The van der Waals surface area contributed by atoms with Crippen molar-refractivity contribution < 1.29 is 9.59 Å². The molecular formula is C26H32N6O2. The van der Waals surface area contributed by atoms with Gasteiger partial charge in [-0.05, 0) is 50.6 Å². The summed E-state index contributed by atoms with van der Waals surface area (Å²) in [5.41, 5.74) is 12.7. The highest BCUT2D eigenvalue weighted by Crippen LogP contribution is 2.36. The van der Waals surface area contributed by atoms with E-state index in [4.69, 9.17) is 5.73 Å².